The summed E-state index contributed by atoms with van der Waals surface area (Å²) in [6.07, 6.45) is 4.02. The summed E-state index contributed by atoms with van der Waals surface area (Å²) in [5.41, 5.74) is 1.09. The molecule has 0 amide bonds. The first-order valence-corrected chi connectivity index (χ1v) is 6.01. The highest BCUT2D eigenvalue weighted by atomic mass is 15.1. The summed E-state index contributed by atoms with van der Waals surface area (Å²) in [7, 11) is 0. The van der Waals surface area contributed by atoms with Crippen LogP contribution in [-0.4, -0.2) is 22.6 Å². The summed E-state index contributed by atoms with van der Waals surface area (Å²) in [5, 5.41) is 6.58. The number of rotatable bonds is 6. The van der Waals surface area contributed by atoms with E-state index in [1.807, 2.05) is 13.1 Å². The molecule has 0 aliphatic rings. The second kappa shape index (κ2) is 6.30. The number of nitrogens with one attached hydrogen (secondary N) is 2. The van der Waals surface area contributed by atoms with Crippen molar-refractivity contribution in [1.29, 1.82) is 0 Å². The number of aryl methyl sites for hydroxylation is 1. The molecule has 0 aliphatic carbocycles. The quantitative estimate of drug-likeness (QED) is 0.777. The molecule has 1 aromatic rings. The second-order valence-corrected chi connectivity index (χ2v) is 4.11. The van der Waals surface area contributed by atoms with E-state index in [1.165, 1.54) is 0 Å². The molecular formula is C12H22N4. The van der Waals surface area contributed by atoms with E-state index in [9.17, 15) is 0 Å². The average molecular weight is 222 g/mol. The Bertz CT molecular complexity index is 325. The smallest absolute Gasteiger partial charge is 0.224 e. The highest BCUT2D eigenvalue weighted by Gasteiger charge is 2.05. The van der Waals surface area contributed by atoms with E-state index in [1.54, 1.807) is 0 Å². The fourth-order valence-corrected chi connectivity index (χ4v) is 1.25. The molecular weight excluding hydrogens is 200 g/mol. The predicted molar refractivity (Wildman–Crippen MR) is 68.9 cm³/mol. The van der Waals surface area contributed by atoms with E-state index in [-0.39, 0.29) is 0 Å². The minimum atomic E-state index is 0.438. The number of anilines is 2. The fraction of sp³-hybridized carbons (Fsp3) is 0.667. The topological polar surface area (TPSA) is 49.8 Å². The van der Waals surface area contributed by atoms with Gasteiger partial charge in [0.15, 0.2) is 0 Å². The van der Waals surface area contributed by atoms with Gasteiger partial charge in [0, 0.05) is 24.3 Å². The summed E-state index contributed by atoms with van der Waals surface area (Å²) >= 11 is 0. The Kier molecular flexibility index (Phi) is 5.02. The van der Waals surface area contributed by atoms with Gasteiger partial charge in [0.1, 0.15) is 5.82 Å². The molecule has 0 aromatic carbocycles. The van der Waals surface area contributed by atoms with Crippen LogP contribution in [-0.2, 0) is 0 Å². The lowest BCUT2D eigenvalue weighted by Crippen LogP contribution is -2.16. The zero-order valence-electron chi connectivity index (χ0n) is 10.7. The Hall–Kier alpha value is -1.32. The minimum Gasteiger partial charge on any atom is -0.367 e. The van der Waals surface area contributed by atoms with E-state index < -0.39 is 0 Å². The maximum absolute atomic E-state index is 4.46. The van der Waals surface area contributed by atoms with Crippen molar-refractivity contribution in [2.45, 2.75) is 46.6 Å². The van der Waals surface area contributed by atoms with Crippen LogP contribution in [0.1, 0.15) is 39.2 Å². The van der Waals surface area contributed by atoms with Crippen molar-refractivity contribution >= 4 is 11.8 Å². The van der Waals surface area contributed by atoms with Crippen molar-refractivity contribution < 1.29 is 0 Å². The maximum Gasteiger partial charge on any atom is 0.224 e. The summed E-state index contributed by atoms with van der Waals surface area (Å²) in [5.74, 6) is 1.64. The highest BCUT2D eigenvalue weighted by Crippen LogP contribution is 2.14. The first kappa shape index (κ1) is 12.7. The molecule has 4 heteroatoms. The second-order valence-electron chi connectivity index (χ2n) is 4.11. The molecule has 0 saturated heterocycles. The standard InChI is InChI=1S/C12H22N4/c1-5-7-13-12-14-8-9(3)11(16-12)15-10(4)6-2/h8,10H,5-7H2,1-4H3,(H2,13,14,15,16). The SMILES string of the molecule is CCCNc1ncc(C)c(NC(C)CC)n1. The molecule has 0 radical (unpaired) electrons. The molecule has 0 spiro atoms. The van der Waals surface area contributed by atoms with Crippen LogP contribution in [0.25, 0.3) is 0 Å². The van der Waals surface area contributed by atoms with E-state index >= 15 is 0 Å². The van der Waals surface area contributed by atoms with Gasteiger partial charge in [0.2, 0.25) is 5.95 Å². The largest absolute Gasteiger partial charge is 0.367 e. The molecule has 0 aliphatic heterocycles. The molecule has 1 unspecified atom stereocenters. The van der Waals surface area contributed by atoms with E-state index in [2.05, 4.69) is 41.4 Å². The normalized spacial score (nSPS) is 12.2. The maximum atomic E-state index is 4.46. The Balaban J connectivity index is 2.73. The van der Waals surface area contributed by atoms with Gasteiger partial charge in [0.25, 0.3) is 0 Å². The molecule has 1 atom stereocenters. The van der Waals surface area contributed by atoms with Gasteiger partial charge in [-0.15, -0.1) is 0 Å². The van der Waals surface area contributed by atoms with Gasteiger partial charge >= 0.3 is 0 Å². The van der Waals surface area contributed by atoms with Crippen LogP contribution in [0.5, 0.6) is 0 Å². The van der Waals surface area contributed by atoms with Crippen LogP contribution >= 0.6 is 0 Å². The molecule has 0 bridgehead atoms. The fourth-order valence-electron chi connectivity index (χ4n) is 1.25. The molecule has 90 valence electrons. The molecule has 16 heavy (non-hydrogen) atoms. The lowest BCUT2D eigenvalue weighted by atomic mass is 10.2. The van der Waals surface area contributed by atoms with Crippen molar-refractivity contribution in [3.05, 3.63) is 11.8 Å². The Morgan fingerprint density at radius 3 is 2.75 bits per heavy atom. The van der Waals surface area contributed by atoms with Crippen LogP contribution in [0, 0.1) is 6.92 Å². The van der Waals surface area contributed by atoms with E-state index in [0.29, 0.717) is 12.0 Å². The molecule has 0 saturated carbocycles. The number of hydrogen-bond donors (Lipinski definition) is 2. The van der Waals surface area contributed by atoms with Gasteiger partial charge < -0.3 is 10.6 Å². The average Bonchev–Trinajstić information content (AvgIpc) is 2.30. The summed E-state index contributed by atoms with van der Waals surface area (Å²) in [4.78, 5) is 8.71. The van der Waals surface area contributed by atoms with Crippen molar-refractivity contribution in [3.8, 4) is 0 Å². The van der Waals surface area contributed by atoms with Crippen LogP contribution in [0.4, 0.5) is 11.8 Å². The van der Waals surface area contributed by atoms with Crippen LogP contribution in [0.3, 0.4) is 0 Å². The molecule has 4 nitrogen and oxygen atoms in total. The number of aromatic nitrogens is 2. The van der Waals surface area contributed by atoms with Crippen molar-refractivity contribution in [1.82, 2.24) is 9.97 Å². The summed E-state index contributed by atoms with van der Waals surface area (Å²) in [6.45, 7) is 9.37. The highest BCUT2D eigenvalue weighted by molar-refractivity contribution is 5.46. The van der Waals surface area contributed by atoms with Gasteiger partial charge in [-0.05, 0) is 26.7 Å². The third-order valence-electron chi connectivity index (χ3n) is 2.50. The summed E-state index contributed by atoms with van der Waals surface area (Å²) < 4.78 is 0. The van der Waals surface area contributed by atoms with E-state index in [0.717, 1.165) is 30.8 Å². The van der Waals surface area contributed by atoms with Gasteiger partial charge in [0.05, 0.1) is 0 Å². The Morgan fingerprint density at radius 1 is 1.38 bits per heavy atom. The van der Waals surface area contributed by atoms with Crippen molar-refractivity contribution in [3.63, 3.8) is 0 Å². The van der Waals surface area contributed by atoms with Gasteiger partial charge in [-0.2, -0.15) is 4.98 Å². The molecule has 1 heterocycles. The number of hydrogen-bond acceptors (Lipinski definition) is 4. The molecule has 1 rings (SSSR count). The molecule has 1 aromatic heterocycles. The minimum absolute atomic E-state index is 0.438. The van der Waals surface area contributed by atoms with E-state index in [4.69, 9.17) is 0 Å². The number of nitrogens with zero attached hydrogens (tertiary/aromatic N) is 2. The molecule has 2 N–H and O–H groups in total. The third kappa shape index (κ3) is 3.68. The van der Waals surface area contributed by atoms with Gasteiger partial charge in [-0.3, -0.25) is 0 Å². The van der Waals surface area contributed by atoms with Gasteiger partial charge in [-0.1, -0.05) is 13.8 Å². The zero-order valence-corrected chi connectivity index (χ0v) is 10.7. The first-order valence-electron chi connectivity index (χ1n) is 6.01. The zero-order chi connectivity index (χ0) is 12.0. The monoisotopic (exact) mass is 222 g/mol. The Labute approximate surface area is 97.9 Å². The lowest BCUT2D eigenvalue weighted by Gasteiger charge is -2.14. The predicted octanol–water partition coefficient (Wildman–Crippen LogP) is 2.82. The first-order chi connectivity index (χ1) is 7.67. The van der Waals surface area contributed by atoms with Crippen molar-refractivity contribution in [2.24, 2.45) is 0 Å². The third-order valence-corrected chi connectivity index (χ3v) is 2.50. The van der Waals surface area contributed by atoms with Gasteiger partial charge in [-0.25, -0.2) is 4.98 Å². The van der Waals surface area contributed by atoms with Crippen molar-refractivity contribution in [2.75, 3.05) is 17.2 Å². The molecule has 0 fully saturated rings. The van der Waals surface area contributed by atoms with Crippen LogP contribution < -0.4 is 10.6 Å². The van der Waals surface area contributed by atoms with Crippen LogP contribution in [0.2, 0.25) is 0 Å². The van der Waals surface area contributed by atoms with Crippen LogP contribution in [0.15, 0.2) is 6.20 Å². The Morgan fingerprint density at radius 2 is 2.12 bits per heavy atom. The summed E-state index contributed by atoms with van der Waals surface area (Å²) in [6, 6.07) is 0.438. The lowest BCUT2D eigenvalue weighted by molar-refractivity contribution is 0.757.